The minimum atomic E-state index is -0.0339. The van der Waals surface area contributed by atoms with E-state index < -0.39 is 0 Å². The van der Waals surface area contributed by atoms with Crippen molar-refractivity contribution in [2.75, 3.05) is 0 Å². The molecule has 3 nitrogen and oxygen atoms in total. The van der Waals surface area contributed by atoms with Crippen LogP contribution in [0, 0.1) is 0 Å². The molecule has 1 rings (SSSR count). The first-order valence-corrected chi connectivity index (χ1v) is 5.17. The van der Waals surface area contributed by atoms with E-state index in [4.69, 9.17) is 0 Å². The normalized spacial score (nSPS) is 15.9. The lowest BCUT2D eigenvalue weighted by Gasteiger charge is -2.13. The molecule has 0 saturated heterocycles. The molecule has 1 N–H and O–H groups in total. The van der Waals surface area contributed by atoms with Crippen molar-refractivity contribution in [1.82, 2.24) is 5.32 Å². The van der Waals surface area contributed by atoms with E-state index >= 15 is 0 Å². The van der Waals surface area contributed by atoms with Crippen LogP contribution in [0.1, 0.15) is 45.4 Å². The number of hydrogen-bond donors (Lipinski definition) is 1. The molecule has 1 amide bonds. The van der Waals surface area contributed by atoms with Gasteiger partial charge in [-0.3, -0.25) is 4.79 Å². The van der Waals surface area contributed by atoms with Crippen LogP contribution in [0.2, 0.25) is 0 Å². The number of hydrogen-bond acceptors (Lipinski definition) is 2. The molecule has 0 aromatic carbocycles. The maximum atomic E-state index is 11.3. The number of amides is 1. The van der Waals surface area contributed by atoms with Gasteiger partial charge in [0.15, 0.2) is 0 Å². The number of carbonyl (C=O) groups excluding carboxylic acids is 2. The molecule has 0 aromatic rings. The summed E-state index contributed by atoms with van der Waals surface area (Å²) in [6.45, 7) is 1.51. The Hall–Kier alpha value is -1.12. The third-order valence-electron chi connectivity index (χ3n) is 2.30. The lowest BCUT2D eigenvalue weighted by molar-refractivity contribution is -0.124. The summed E-state index contributed by atoms with van der Waals surface area (Å²) in [5.41, 5.74) is 1.03. The van der Waals surface area contributed by atoms with Crippen molar-refractivity contribution in [3.8, 4) is 0 Å². The summed E-state index contributed by atoms with van der Waals surface area (Å²) in [7, 11) is 0. The van der Waals surface area contributed by atoms with Gasteiger partial charge in [0.2, 0.25) is 5.91 Å². The molecule has 0 unspecified atom stereocenters. The number of ketones is 1. The molecule has 1 aliphatic carbocycles. The average Bonchev–Trinajstić information content (AvgIpc) is 2.16. The largest absolute Gasteiger partial charge is 0.330 e. The average molecular weight is 195 g/mol. The first kappa shape index (κ1) is 11.0. The molecule has 0 bridgehead atoms. The monoisotopic (exact) mass is 195 g/mol. The van der Waals surface area contributed by atoms with Crippen LogP contribution in [0.3, 0.4) is 0 Å². The Labute approximate surface area is 84.6 Å². The molecular formula is C11H17NO2. The third kappa shape index (κ3) is 4.21. The summed E-state index contributed by atoms with van der Waals surface area (Å²) in [4.78, 5) is 22.0. The maximum Gasteiger partial charge on any atom is 0.224 e. The second kappa shape index (κ2) is 5.58. The fraction of sp³-hybridized carbons (Fsp3) is 0.636. The highest BCUT2D eigenvalue weighted by Gasteiger charge is 2.08. The van der Waals surface area contributed by atoms with Crippen LogP contribution in [-0.2, 0) is 9.59 Å². The number of allylic oxidation sites excluding steroid dienone is 2. The molecule has 0 aliphatic heterocycles. The first-order valence-electron chi connectivity index (χ1n) is 5.17. The Morgan fingerprint density at radius 3 is 2.71 bits per heavy atom. The molecular weight excluding hydrogens is 178 g/mol. The second-order valence-electron chi connectivity index (χ2n) is 3.73. The van der Waals surface area contributed by atoms with E-state index in [1.54, 1.807) is 0 Å². The van der Waals surface area contributed by atoms with E-state index in [9.17, 15) is 9.59 Å². The Kier molecular flexibility index (Phi) is 4.36. The van der Waals surface area contributed by atoms with Crippen molar-refractivity contribution in [3.63, 3.8) is 0 Å². The van der Waals surface area contributed by atoms with Crippen LogP contribution in [0.4, 0.5) is 0 Å². The molecule has 0 aromatic heterocycles. The van der Waals surface area contributed by atoms with Gasteiger partial charge in [-0.25, -0.2) is 0 Å². The molecule has 0 heterocycles. The topological polar surface area (TPSA) is 46.2 Å². The van der Waals surface area contributed by atoms with Crippen molar-refractivity contribution >= 4 is 11.7 Å². The SMILES string of the molecule is CC(=O)CCC(=O)NC1=CCCCC1. The molecule has 14 heavy (non-hydrogen) atoms. The molecule has 0 radical (unpaired) electrons. The van der Waals surface area contributed by atoms with Crippen LogP contribution in [0.15, 0.2) is 11.8 Å². The van der Waals surface area contributed by atoms with E-state index in [1.165, 1.54) is 13.3 Å². The van der Waals surface area contributed by atoms with Crippen molar-refractivity contribution < 1.29 is 9.59 Å². The summed E-state index contributed by atoms with van der Waals surface area (Å²) in [6.07, 6.45) is 7.13. The molecule has 0 spiro atoms. The van der Waals surface area contributed by atoms with Gasteiger partial charge in [-0.05, 0) is 32.6 Å². The molecule has 78 valence electrons. The minimum Gasteiger partial charge on any atom is -0.330 e. The second-order valence-corrected chi connectivity index (χ2v) is 3.73. The Bertz CT molecular complexity index is 256. The molecule has 0 saturated carbocycles. The highest BCUT2D eigenvalue weighted by molar-refractivity contribution is 5.84. The predicted molar refractivity (Wildman–Crippen MR) is 54.6 cm³/mol. The van der Waals surface area contributed by atoms with E-state index in [-0.39, 0.29) is 11.7 Å². The zero-order valence-electron chi connectivity index (χ0n) is 8.64. The van der Waals surface area contributed by atoms with E-state index in [2.05, 4.69) is 11.4 Å². The van der Waals surface area contributed by atoms with Crippen molar-refractivity contribution in [2.24, 2.45) is 0 Å². The summed E-state index contributed by atoms with van der Waals surface area (Å²) in [6, 6.07) is 0. The Morgan fingerprint density at radius 2 is 2.14 bits per heavy atom. The number of Topliss-reactive ketones (excluding diaryl/α,β-unsaturated/α-hetero) is 1. The van der Waals surface area contributed by atoms with Gasteiger partial charge in [0, 0.05) is 18.5 Å². The van der Waals surface area contributed by atoms with Crippen LogP contribution in [-0.4, -0.2) is 11.7 Å². The highest BCUT2D eigenvalue weighted by atomic mass is 16.2. The fourth-order valence-corrected chi connectivity index (χ4v) is 1.48. The fourth-order valence-electron chi connectivity index (χ4n) is 1.48. The Balaban J connectivity index is 2.25. The first-order chi connectivity index (χ1) is 6.68. The summed E-state index contributed by atoms with van der Waals surface area (Å²) < 4.78 is 0. The zero-order chi connectivity index (χ0) is 10.4. The summed E-state index contributed by atoms with van der Waals surface area (Å²) in [5.74, 6) is 0.0334. The Morgan fingerprint density at radius 1 is 1.36 bits per heavy atom. The molecule has 0 atom stereocenters. The van der Waals surface area contributed by atoms with Gasteiger partial charge in [0.1, 0.15) is 5.78 Å². The zero-order valence-corrected chi connectivity index (χ0v) is 8.64. The van der Waals surface area contributed by atoms with Crippen LogP contribution < -0.4 is 5.32 Å². The number of nitrogens with one attached hydrogen (secondary N) is 1. The number of carbonyl (C=O) groups is 2. The van der Waals surface area contributed by atoms with Gasteiger partial charge in [-0.1, -0.05) is 6.08 Å². The lowest BCUT2D eigenvalue weighted by Crippen LogP contribution is -2.23. The van der Waals surface area contributed by atoms with Crippen LogP contribution in [0.5, 0.6) is 0 Å². The van der Waals surface area contributed by atoms with Gasteiger partial charge in [-0.2, -0.15) is 0 Å². The van der Waals surface area contributed by atoms with Gasteiger partial charge >= 0.3 is 0 Å². The third-order valence-corrected chi connectivity index (χ3v) is 2.30. The van der Waals surface area contributed by atoms with Gasteiger partial charge in [0.25, 0.3) is 0 Å². The predicted octanol–water partition coefficient (Wildman–Crippen LogP) is 1.93. The van der Waals surface area contributed by atoms with E-state index in [0.29, 0.717) is 12.8 Å². The minimum absolute atomic E-state index is 0.0339. The van der Waals surface area contributed by atoms with Gasteiger partial charge < -0.3 is 10.1 Å². The number of rotatable bonds is 4. The maximum absolute atomic E-state index is 11.3. The molecule has 3 heteroatoms. The summed E-state index contributed by atoms with van der Waals surface area (Å²) in [5, 5.41) is 2.84. The summed E-state index contributed by atoms with van der Waals surface area (Å²) >= 11 is 0. The standard InChI is InChI=1S/C11H17NO2/c1-9(13)7-8-11(14)12-10-5-3-2-4-6-10/h5H,2-4,6-8H2,1H3,(H,12,14). The van der Waals surface area contributed by atoms with Crippen LogP contribution >= 0.6 is 0 Å². The molecule has 0 fully saturated rings. The molecule has 1 aliphatic rings. The van der Waals surface area contributed by atoms with Gasteiger partial charge in [0.05, 0.1) is 0 Å². The lowest BCUT2D eigenvalue weighted by atomic mass is 10.0. The van der Waals surface area contributed by atoms with Crippen molar-refractivity contribution in [2.45, 2.75) is 45.4 Å². The van der Waals surface area contributed by atoms with Gasteiger partial charge in [-0.15, -0.1) is 0 Å². The smallest absolute Gasteiger partial charge is 0.224 e. The van der Waals surface area contributed by atoms with Crippen molar-refractivity contribution in [1.29, 1.82) is 0 Å². The van der Waals surface area contributed by atoms with E-state index in [1.807, 2.05) is 0 Å². The highest BCUT2D eigenvalue weighted by Crippen LogP contribution is 2.14. The van der Waals surface area contributed by atoms with Crippen molar-refractivity contribution in [3.05, 3.63) is 11.8 Å². The quantitative estimate of drug-likeness (QED) is 0.745. The van der Waals surface area contributed by atoms with E-state index in [0.717, 1.165) is 25.0 Å². The van der Waals surface area contributed by atoms with Crippen LogP contribution in [0.25, 0.3) is 0 Å².